The summed E-state index contributed by atoms with van der Waals surface area (Å²) in [6.07, 6.45) is 3.61. The Labute approximate surface area is 206 Å². The average Bonchev–Trinajstić information content (AvgIpc) is 3.37. The maximum atomic E-state index is 14.5. The summed E-state index contributed by atoms with van der Waals surface area (Å²) in [6.45, 7) is 5.92. The molecular weight excluding hydrogens is 466 g/mol. The first-order chi connectivity index (χ1) is 17.3. The number of anilines is 1. The van der Waals surface area contributed by atoms with Crippen molar-refractivity contribution in [2.45, 2.75) is 13.3 Å². The van der Waals surface area contributed by atoms with Crippen LogP contribution in [0.1, 0.15) is 32.7 Å². The van der Waals surface area contributed by atoms with Gasteiger partial charge in [-0.15, -0.1) is 0 Å². The van der Waals surface area contributed by atoms with Crippen LogP contribution >= 0.6 is 0 Å². The van der Waals surface area contributed by atoms with E-state index >= 15 is 0 Å². The molecule has 0 fully saturated rings. The van der Waals surface area contributed by atoms with Gasteiger partial charge >= 0.3 is 0 Å². The van der Waals surface area contributed by atoms with E-state index in [1.165, 1.54) is 36.5 Å². The van der Waals surface area contributed by atoms with Crippen LogP contribution in [-0.2, 0) is 0 Å². The molecule has 0 aliphatic rings. The van der Waals surface area contributed by atoms with Gasteiger partial charge < -0.3 is 20.4 Å². The van der Waals surface area contributed by atoms with Crippen LogP contribution in [0.25, 0.3) is 11.4 Å². The minimum atomic E-state index is -0.684. The van der Waals surface area contributed by atoms with Gasteiger partial charge in [0.1, 0.15) is 11.6 Å². The van der Waals surface area contributed by atoms with E-state index in [0.29, 0.717) is 29.9 Å². The molecule has 0 spiro atoms. The number of H-pyrrole nitrogens is 1. The van der Waals surface area contributed by atoms with Crippen LogP contribution < -0.4 is 15.4 Å². The number of aryl methyl sites for hydroxylation is 1. The number of rotatable bonds is 8. The lowest BCUT2D eigenvalue weighted by molar-refractivity contribution is 0.0953. The summed E-state index contributed by atoms with van der Waals surface area (Å²) in [5.41, 5.74) is 2.35. The maximum absolute atomic E-state index is 14.5. The molecule has 0 aliphatic heterocycles. The number of aromatic nitrogens is 2. The van der Waals surface area contributed by atoms with Crippen molar-refractivity contribution in [2.75, 3.05) is 11.9 Å². The van der Waals surface area contributed by atoms with Gasteiger partial charge in [0.25, 0.3) is 11.8 Å². The minimum Gasteiger partial charge on any atom is -0.454 e. The molecule has 3 N–H and O–H groups in total. The first-order valence-corrected chi connectivity index (χ1v) is 11.1. The highest BCUT2D eigenvalue weighted by molar-refractivity contribution is 6.04. The highest BCUT2D eigenvalue weighted by Crippen LogP contribution is 2.29. The third-order valence-electron chi connectivity index (χ3n) is 5.21. The first-order valence-electron chi connectivity index (χ1n) is 11.1. The summed E-state index contributed by atoms with van der Waals surface area (Å²) < 4.78 is 34.2. The molecule has 2 heterocycles. The number of pyridine rings is 1. The zero-order valence-corrected chi connectivity index (χ0v) is 19.4. The number of nitrogens with zero attached hydrogens (tertiary/aromatic N) is 1. The van der Waals surface area contributed by atoms with Crippen molar-refractivity contribution in [3.63, 3.8) is 0 Å². The standard InChI is InChI=1S/C27H23F2N4O3/c1-3-9-31-26(34)18-12-23(32-15-18)24-14-19(8-10-30-24)36-25-13-17(5-7-21(25)29)27(35)33-22-11-16(2)4-6-20(22)28/h4-8,10-15,32H,1,3,9H2,2H3,(H,31,34)(H,33,35). The summed E-state index contributed by atoms with van der Waals surface area (Å²) in [6, 6.07) is 12.7. The van der Waals surface area contributed by atoms with Gasteiger partial charge in [-0.3, -0.25) is 14.6 Å². The Morgan fingerprint density at radius 3 is 2.61 bits per heavy atom. The van der Waals surface area contributed by atoms with E-state index in [-0.39, 0.29) is 28.7 Å². The number of benzene rings is 2. The molecule has 0 unspecified atom stereocenters. The number of hydrogen-bond acceptors (Lipinski definition) is 4. The van der Waals surface area contributed by atoms with Crippen molar-refractivity contribution < 1.29 is 23.1 Å². The smallest absolute Gasteiger partial charge is 0.255 e. The number of nitrogens with one attached hydrogen (secondary N) is 3. The Morgan fingerprint density at radius 2 is 1.81 bits per heavy atom. The van der Waals surface area contributed by atoms with Crippen molar-refractivity contribution in [2.24, 2.45) is 0 Å². The molecule has 36 heavy (non-hydrogen) atoms. The van der Waals surface area contributed by atoms with Gasteiger partial charge in [0, 0.05) is 30.6 Å². The molecular formula is C27H23F2N4O3. The molecule has 0 bridgehead atoms. The zero-order valence-electron chi connectivity index (χ0n) is 19.4. The monoisotopic (exact) mass is 489 g/mol. The van der Waals surface area contributed by atoms with Crippen LogP contribution in [0.4, 0.5) is 14.5 Å². The second-order valence-corrected chi connectivity index (χ2v) is 7.97. The van der Waals surface area contributed by atoms with Crippen molar-refractivity contribution in [1.82, 2.24) is 15.3 Å². The fraction of sp³-hybridized carbons (Fsp3) is 0.111. The number of carbonyl (C=O) groups is 2. The fourth-order valence-corrected chi connectivity index (χ4v) is 3.38. The van der Waals surface area contributed by atoms with E-state index in [4.69, 9.17) is 4.74 Å². The van der Waals surface area contributed by atoms with E-state index in [2.05, 4.69) is 27.5 Å². The van der Waals surface area contributed by atoms with Crippen molar-refractivity contribution in [1.29, 1.82) is 0 Å². The third-order valence-corrected chi connectivity index (χ3v) is 5.21. The molecule has 2 aromatic heterocycles. The van der Waals surface area contributed by atoms with Gasteiger partial charge in [-0.2, -0.15) is 0 Å². The van der Waals surface area contributed by atoms with E-state index in [0.717, 1.165) is 11.6 Å². The average molecular weight is 490 g/mol. The van der Waals surface area contributed by atoms with Crippen molar-refractivity contribution >= 4 is 17.5 Å². The number of hydrogen-bond donors (Lipinski definition) is 3. The Kier molecular flexibility index (Phi) is 7.39. The quantitative estimate of drug-likeness (QED) is 0.298. The van der Waals surface area contributed by atoms with Crippen LogP contribution in [0.3, 0.4) is 0 Å². The molecule has 0 atom stereocenters. The van der Waals surface area contributed by atoms with Crippen LogP contribution in [0.2, 0.25) is 0 Å². The van der Waals surface area contributed by atoms with Gasteiger partial charge in [-0.05, 0) is 61.4 Å². The Morgan fingerprint density at radius 1 is 1.00 bits per heavy atom. The van der Waals surface area contributed by atoms with Crippen LogP contribution in [0.15, 0.2) is 67.0 Å². The summed E-state index contributed by atoms with van der Waals surface area (Å²) in [5.74, 6) is -2.05. The van der Waals surface area contributed by atoms with Crippen LogP contribution in [0, 0.1) is 25.5 Å². The van der Waals surface area contributed by atoms with Gasteiger partial charge in [-0.25, -0.2) is 8.78 Å². The molecule has 9 heteroatoms. The number of carbonyl (C=O) groups excluding carboxylic acids is 2. The molecule has 183 valence electrons. The molecule has 7 nitrogen and oxygen atoms in total. The molecule has 2 amide bonds. The van der Waals surface area contributed by atoms with Gasteiger partial charge in [0.2, 0.25) is 0 Å². The highest BCUT2D eigenvalue weighted by Gasteiger charge is 2.15. The second-order valence-electron chi connectivity index (χ2n) is 7.97. The Hall–Kier alpha value is -4.53. The first kappa shape index (κ1) is 24.6. The van der Waals surface area contributed by atoms with E-state index in [1.807, 2.05) is 0 Å². The second kappa shape index (κ2) is 10.8. The van der Waals surface area contributed by atoms with Crippen LogP contribution in [-0.4, -0.2) is 28.3 Å². The summed E-state index contributed by atoms with van der Waals surface area (Å²) in [4.78, 5) is 32.0. The summed E-state index contributed by atoms with van der Waals surface area (Å²) in [7, 11) is 0. The largest absolute Gasteiger partial charge is 0.454 e. The summed E-state index contributed by atoms with van der Waals surface area (Å²) in [5, 5.41) is 5.23. The van der Waals surface area contributed by atoms with Gasteiger partial charge in [-0.1, -0.05) is 13.0 Å². The maximum Gasteiger partial charge on any atom is 0.255 e. The SMILES string of the molecule is [CH2]CCNC(=O)c1c[nH]c(-c2cc(Oc3cc(C(=O)Nc4cc(C)ccc4F)ccc3F)ccn2)c1. The number of halogens is 2. The zero-order chi connectivity index (χ0) is 25.7. The molecule has 4 aromatic rings. The van der Waals surface area contributed by atoms with E-state index < -0.39 is 17.5 Å². The third kappa shape index (κ3) is 5.75. The highest BCUT2D eigenvalue weighted by atomic mass is 19.1. The van der Waals surface area contributed by atoms with E-state index in [1.54, 1.807) is 31.3 Å². The van der Waals surface area contributed by atoms with E-state index in [9.17, 15) is 18.4 Å². The molecule has 0 saturated heterocycles. The molecule has 1 radical (unpaired) electrons. The normalized spacial score (nSPS) is 10.7. The molecule has 0 saturated carbocycles. The Balaban J connectivity index is 1.52. The number of aromatic amines is 1. The topological polar surface area (TPSA) is 96.1 Å². The lowest BCUT2D eigenvalue weighted by Gasteiger charge is -2.11. The minimum absolute atomic E-state index is 0.0240. The fourth-order valence-electron chi connectivity index (χ4n) is 3.38. The summed E-state index contributed by atoms with van der Waals surface area (Å²) >= 11 is 0. The van der Waals surface area contributed by atoms with Crippen molar-refractivity contribution in [3.8, 4) is 22.9 Å². The molecule has 4 rings (SSSR count). The van der Waals surface area contributed by atoms with Crippen molar-refractivity contribution in [3.05, 3.63) is 102 Å². The predicted molar refractivity (Wildman–Crippen MR) is 132 cm³/mol. The number of amides is 2. The van der Waals surface area contributed by atoms with Gasteiger partial charge in [0.05, 0.1) is 22.6 Å². The lowest BCUT2D eigenvalue weighted by Crippen LogP contribution is -2.23. The van der Waals surface area contributed by atoms with Crippen LogP contribution in [0.5, 0.6) is 11.5 Å². The molecule has 0 aliphatic carbocycles. The predicted octanol–water partition coefficient (Wildman–Crippen LogP) is 5.66. The van der Waals surface area contributed by atoms with Gasteiger partial charge in [0.15, 0.2) is 11.6 Å². The molecule has 2 aromatic carbocycles. The lowest BCUT2D eigenvalue weighted by atomic mass is 10.1. The number of ether oxygens (including phenoxy) is 1. The Bertz CT molecular complexity index is 1420.